The topological polar surface area (TPSA) is 58.9 Å². The molecular weight excluding hydrogens is 202 g/mol. The average Bonchev–Trinajstić information content (AvgIpc) is 2.28. The molecule has 0 aliphatic rings. The van der Waals surface area contributed by atoms with Crippen molar-refractivity contribution in [1.82, 2.24) is 15.0 Å². The van der Waals surface area contributed by atoms with Crippen LogP contribution in [-0.4, -0.2) is 20.1 Å². The van der Waals surface area contributed by atoms with Crippen molar-refractivity contribution in [2.45, 2.75) is 20.5 Å². The van der Waals surface area contributed by atoms with Crippen LogP contribution in [0.2, 0.25) is 0 Å². The SMILES string of the molecule is Cc1cc(-c2nccc(CO)n2)cc(C)n1. The molecule has 0 unspecified atom stereocenters. The van der Waals surface area contributed by atoms with Crippen molar-refractivity contribution in [2.24, 2.45) is 0 Å². The van der Waals surface area contributed by atoms with Crippen molar-refractivity contribution in [3.8, 4) is 11.4 Å². The maximum atomic E-state index is 9.02. The molecule has 2 aromatic heterocycles. The van der Waals surface area contributed by atoms with E-state index in [2.05, 4.69) is 15.0 Å². The van der Waals surface area contributed by atoms with Crippen molar-refractivity contribution in [3.63, 3.8) is 0 Å². The lowest BCUT2D eigenvalue weighted by Crippen LogP contribution is -1.96. The maximum absolute atomic E-state index is 9.02. The zero-order chi connectivity index (χ0) is 11.5. The van der Waals surface area contributed by atoms with Crippen LogP contribution in [0.25, 0.3) is 11.4 Å². The van der Waals surface area contributed by atoms with Crippen LogP contribution in [0.5, 0.6) is 0 Å². The number of nitrogens with zero attached hydrogens (tertiary/aromatic N) is 3. The summed E-state index contributed by atoms with van der Waals surface area (Å²) < 4.78 is 0. The predicted octanol–water partition coefficient (Wildman–Crippen LogP) is 1.65. The zero-order valence-corrected chi connectivity index (χ0v) is 9.31. The molecule has 2 rings (SSSR count). The molecule has 0 saturated carbocycles. The number of aryl methyl sites for hydroxylation is 2. The fourth-order valence-electron chi connectivity index (χ4n) is 1.59. The average molecular weight is 215 g/mol. The molecule has 0 atom stereocenters. The van der Waals surface area contributed by atoms with E-state index in [1.165, 1.54) is 0 Å². The molecule has 82 valence electrons. The molecule has 4 heteroatoms. The quantitative estimate of drug-likeness (QED) is 0.827. The van der Waals surface area contributed by atoms with Crippen LogP contribution in [0.4, 0.5) is 0 Å². The van der Waals surface area contributed by atoms with E-state index in [-0.39, 0.29) is 6.61 Å². The highest BCUT2D eigenvalue weighted by atomic mass is 16.3. The highest BCUT2D eigenvalue weighted by molar-refractivity contribution is 5.55. The third-order valence-corrected chi connectivity index (χ3v) is 2.21. The van der Waals surface area contributed by atoms with Gasteiger partial charge in [-0.1, -0.05) is 0 Å². The molecule has 0 aliphatic carbocycles. The summed E-state index contributed by atoms with van der Waals surface area (Å²) in [6.45, 7) is 3.80. The Bertz CT molecular complexity index is 491. The first-order chi connectivity index (χ1) is 7.69. The fourth-order valence-corrected chi connectivity index (χ4v) is 1.59. The van der Waals surface area contributed by atoms with Gasteiger partial charge in [-0.3, -0.25) is 4.98 Å². The summed E-state index contributed by atoms with van der Waals surface area (Å²) in [4.78, 5) is 12.7. The number of hydrogen-bond acceptors (Lipinski definition) is 4. The standard InChI is InChI=1S/C12H13N3O/c1-8-5-10(6-9(2)14-8)12-13-4-3-11(7-16)15-12/h3-6,16H,7H2,1-2H3. The lowest BCUT2D eigenvalue weighted by Gasteiger charge is -2.04. The molecular formula is C12H13N3O. The number of rotatable bonds is 2. The van der Waals surface area contributed by atoms with Gasteiger partial charge in [-0.2, -0.15) is 0 Å². The first kappa shape index (κ1) is 10.7. The van der Waals surface area contributed by atoms with Gasteiger partial charge in [0, 0.05) is 23.1 Å². The molecule has 0 bridgehead atoms. The third kappa shape index (κ3) is 2.23. The van der Waals surface area contributed by atoms with Crippen LogP contribution in [0, 0.1) is 13.8 Å². The zero-order valence-electron chi connectivity index (χ0n) is 9.31. The molecule has 0 aliphatic heterocycles. The summed E-state index contributed by atoms with van der Waals surface area (Å²) >= 11 is 0. The minimum absolute atomic E-state index is 0.0709. The van der Waals surface area contributed by atoms with Crippen LogP contribution >= 0.6 is 0 Å². The molecule has 0 spiro atoms. The van der Waals surface area contributed by atoms with Crippen LogP contribution < -0.4 is 0 Å². The van der Waals surface area contributed by atoms with E-state index in [0.717, 1.165) is 17.0 Å². The molecule has 0 aromatic carbocycles. The van der Waals surface area contributed by atoms with Crippen LogP contribution in [-0.2, 0) is 6.61 Å². The molecule has 16 heavy (non-hydrogen) atoms. The summed E-state index contributed by atoms with van der Waals surface area (Å²) in [6.07, 6.45) is 1.65. The Kier molecular flexibility index (Phi) is 2.92. The largest absolute Gasteiger partial charge is 0.390 e. The van der Waals surface area contributed by atoms with Gasteiger partial charge in [0.1, 0.15) is 0 Å². The maximum Gasteiger partial charge on any atom is 0.159 e. The Morgan fingerprint density at radius 2 is 1.81 bits per heavy atom. The molecule has 1 N–H and O–H groups in total. The molecule has 0 radical (unpaired) electrons. The molecule has 0 amide bonds. The number of aromatic nitrogens is 3. The number of aliphatic hydroxyl groups excluding tert-OH is 1. The summed E-state index contributed by atoms with van der Waals surface area (Å²) in [6, 6.07) is 5.57. The number of hydrogen-bond donors (Lipinski definition) is 1. The van der Waals surface area contributed by atoms with Crippen LogP contribution in [0.3, 0.4) is 0 Å². The van der Waals surface area contributed by atoms with Crippen molar-refractivity contribution in [1.29, 1.82) is 0 Å². The molecule has 0 saturated heterocycles. The summed E-state index contributed by atoms with van der Waals surface area (Å²) in [7, 11) is 0. The monoisotopic (exact) mass is 215 g/mol. The van der Waals surface area contributed by atoms with E-state index >= 15 is 0 Å². The van der Waals surface area contributed by atoms with E-state index in [0.29, 0.717) is 11.5 Å². The second-order valence-corrected chi connectivity index (χ2v) is 3.67. The van der Waals surface area contributed by atoms with Gasteiger partial charge in [0.25, 0.3) is 0 Å². The first-order valence-corrected chi connectivity index (χ1v) is 5.07. The highest BCUT2D eigenvalue weighted by Crippen LogP contribution is 2.16. The minimum atomic E-state index is -0.0709. The summed E-state index contributed by atoms with van der Waals surface area (Å²) in [5.41, 5.74) is 3.43. The van der Waals surface area contributed by atoms with E-state index in [1.807, 2.05) is 26.0 Å². The van der Waals surface area contributed by atoms with Gasteiger partial charge in [0.15, 0.2) is 5.82 Å². The van der Waals surface area contributed by atoms with E-state index in [4.69, 9.17) is 5.11 Å². The number of pyridine rings is 1. The Morgan fingerprint density at radius 3 is 2.44 bits per heavy atom. The van der Waals surface area contributed by atoms with Gasteiger partial charge >= 0.3 is 0 Å². The smallest absolute Gasteiger partial charge is 0.159 e. The van der Waals surface area contributed by atoms with Gasteiger partial charge in [-0.25, -0.2) is 9.97 Å². The van der Waals surface area contributed by atoms with E-state index in [1.54, 1.807) is 12.3 Å². The Labute approximate surface area is 94.0 Å². The predicted molar refractivity (Wildman–Crippen MR) is 60.7 cm³/mol. The Morgan fingerprint density at radius 1 is 1.12 bits per heavy atom. The Balaban J connectivity index is 2.49. The Hall–Kier alpha value is -1.81. The lowest BCUT2D eigenvalue weighted by atomic mass is 10.2. The summed E-state index contributed by atoms with van der Waals surface area (Å²) in [5.74, 6) is 0.625. The van der Waals surface area contributed by atoms with Gasteiger partial charge in [-0.05, 0) is 32.0 Å². The molecule has 2 aromatic rings. The first-order valence-electron chi connectivity index (χ1n) is 5.07. The number of aliphatic hydroxyl groups is 1. The normalized spacial score (nSPS) is 10.4. The van der Waals surface area contributed by atoms with Crippen molar-refractivity contribution in [2.75, 3.05) is 0 Å². The molecule has 2 heterocycles. The fraction of sp³-hybridized carbons (Fsp3) is 0.250. The van der Waals surface area contributed by atoms with Gasteiger partial charge < -0.3 is 5.11 Å². The summed E-state index contributed by atoms with van der Waals surface area (Å²) in [5, 5.41) is 9.02. The minimum Gasteiger partial charge on any atom is -0.390 e. The van der Waals surface area contributed by atoms with Crippen molar-refractivity contribution < 1.29 is 5.11 Å². The van der Waals surface area contributed by atoms with Gasteiger partial charge in [0.2, 0.25) is 0 Å². The van der Waals surface area contributed by atoms with E-state index in [9.17, 15) is 0 Å². The third-order valence-electron chi connectivity index (χ3n) is 2.21. The second-order valence-electron chi connectivity index (χ2n) is 3.67. The van der Waals surface area contributed by atoms with Crippen molar-refractivity contribution >= 4 is 0 Å². The van der Waals surface area contributed by atoms with Crippen LogP contribution in [0.1, 0.15) is 17.1 Å². The van der Waals surface area contributed by atoms with Gasteiger partial charge in [0.05, 0.1) is 12.3 Å². The molecule has 0 fully saturated rings. The lowest BCUT2D eigenvalue weighted by molar-refractivity contribution is 0.277. The van der Waals surface area contributed by atoms with Gasteiger partial charge in [-0.15, -0.1) is 0 Å². The van der Waals surface area contributed by atoms with E-state index < -0.39 is 0 Å². The second kappa shape index (κ2) is 4.37. The van der Waals surface area contributed by atoms with Crippen molar-refractivity contribution in [3.05, 3.63) is 41.5 Å². The molecule has 4 nitrogen and oxygen atoms in total. The van der Waals surface area contributed by atoms with Crippen LogP contribution in [0.15, 0.2) is 24.4 Å². The highest BCUT2D eigenvalue weighted by Gasteiger charge is 2.04.